The van der Waals surface area contributed by atoms with Crippen molar-refractivity contribution in [2.75, 3.05) is 0 Å². The second kappa shape index (κ2) is 3.52. The molecule has 0 saturated heterocycles. The zero-order chi connectivity index (χ0) is 5.70. The van der Waals surface area contributed by atoms with Gasteiger partial charge in [-0.15, -0.1) is 6.58 Å². The minimum atomic E-state index is -0.750. The van der Waals surface area contributed by atoms with Crippen LogP contribution in [0.3, 0.4) is 0 Å². The van der Waals surface area contributed by atoms with Crippen LogP contribution in [0.2, 0.25) is 0 Å². The van der Waals surface area contributed by atoms with E-state index in [1.54, 1.807) is 5.48 Å². The molecule has 3 nitrogen and oxygen atoms in total. The first-order valence-electron chi connectivity index (χ1n) is 1.75. The van der Waals surface area contributed by atoms with E-state index in [0.717, 1.165) is 0 Å². The van der Waals surface area contributed by atoms with Gasteiger partial charge in [-0.05, 0) is 0 Å². The maximum absolute atomic E-state index is 9.55. The van der Waals surface area contributed by atoms with Gasteiger partial charge in [0.1, 0.15) is 6.04 Å². The molecule has 39 valence electrons. The summed E-state index contributed by atoms with van der Waals surface area (Å²) in [6.45, 7) is 3.22. The van der Waals surface area contributed by atoms with E-state index in [0.29, 0.717) is 0 Å². The quantitative estimate of drug-likeness (QED) is 0.376. The van der Waals surface area contributed by atoms with Gasteiger partial charge in [0.2, 0.25) is 6.29 Å². The lowest BCUT2D eigenvalue weighted by Crippen LogP contribution is -2.23. The highest BCUT2D eigenvalue weighted by Crippen LogP contribution is 1.71. The molecule has 0 spiro atoms. The Morgan fingerprint density at radius 2 is 2.57 bits per heavy atom. The van der Waals surface area contributed by atoms with Crippen molar-refractivity contribution >= 4 is 6.29 Å². The number of rotatable bonds is 3. The molecule has 1 atom stereocenters. The Hall–Kier alpha value is -0.670. The Labute approximate surface area is 41.6 Å². The van der Waals surface area contributed by atoms with Crippen LogP contribution >= 0.6 is 0 Å². The standard InChI is InChI=1S/C4H6NO2/c1-2-4(3-6)5-7/h2,4-5,7H,1H2. The summed E-state index contributed by atoms with van der Waals surface area (Å²) in [5.74, 6) is 0. The van der Waals surface area contributed by atoms with Gasteiger partial charge < -0.3 is 5.21 Å². The molecule has 3 heteroatoms. The van der Waals surface area contributed by atoms with E-state index in [2.05, 4.69) is 6.58 Å². The maximum atomic E-state index is 9.55. The zero-order valence-electron chi connectivity index (χ0n) is 3.72. The number of hydrogen-bond donors (Lipinski definition) is 2. The average Bonchev–Trinajstić information content (AvgIpc) is 1.72. The lowest BCUT2D eigenvalue weighted by atomic mass is 10.4. The third-order valence-electron chi connectivity index (χ3n) is 0.502. The number of hydroxylamine groups is 1. The van der Waals surface area contributed by atoms with Crippen molar-refractivity contribution in [2.24, 2.45) is 0 Å². The van der Waals surface area contributed by atoms with Crippen LogP contribution in [0.25, 0.3) is 0 Å². The van der Waals surface area contributed by atoms with E-state index in [-0.39, 0.29) is 0 Å². The van der Waals surface area contributed by atoms with Gasteiger partial charge in [-0.2, -0.15) is 5.48 Å². The van der Waals surface area contributed by atoms with Crippen LogP contribution in [0.4, 0.5) is 0 Å². The molecule has 0 aromatic carbocycles. The summed E-state index contributed by atoms with van der Waals surface area (Å²) in [5.41, 5.74) is 1.66. The van der Waals surface area contributed by atoms with Gasteiger partial charge in [-0.3, -0.25) is 4.79 Å². The van der Waals surface area contributed by atoms with Crippen LogP contribution in [-0.2, 0) is 4.79 Å². The van der Waals surface area contributed by atoms with Gasteiger partial charge in [-0.1, -0.05) is 6.08 Å². The topological polar surface area (TPSA) is 49.3 Å². The molecule has 0 heterocycles. The average molecular weight is 100 g/mol. The summed E-state index contributed by atoms with van der Waals surface area (Å²) in [6, 6.07) is -0.750. The van der Waals surface area contributed by atoms with Crippen molar-refractivity contribution in [3.8, 4) is 0 Å². The predicted molar refractivity (Wildman–Crippen MR) is 24.6 cm³/mol. The lowest BCUT2D eigenvalue weighted by molar-refractivity contribution is 0.162. The predicted octanol–water partition coefficient (Wildman–Crippen LogP) is -0.371. The Balaban J connectivity index is 3.36. The van der Waals surface area contributed by atoms with Crippen LogP contribution in [0.5, 0.6) is 0 Å². The largest absolute Gasteiger partial charge is 0.316 e. The number of hydrogen-bond acceptors (Lipinski definition) is 3. The highest BCUT2D eigenvalue weighted by molar-refractivity contribution is 5.60. The molecule has 0 aliphatic carbocycles. The van der Waals surface area contributed by atoms with E-state index in [1.807, 2.05) is 0 Å². The Morgan fingerprint density at radius 3 is 2.57 bits per heavy atom. The zero-order valence-corrected chi connectivity index (χ0v) is 3.72. The molecule has 0 amide bonds. The van der Waals surface area contributed by atoms with Crippen LogP contribution in [0.1, 0.15) is 0 Å². The Bertz CT molecular complexity index is 64.1. The molecule has 2 N–H and O–H groups in total. The highest BCUT2D eigenvalue weighted by Gasteiger charge is 1.95. The van der Waals surface area contributed by atoms with Crippen molar-refractivity contribution in [3.05, 3.63) is 12.7 Å². The minimum Gasteiger partial charge on any atom is -0.316 e. The van der Waals surface area contributed by atoms with Crippen molar-refractivity contribution < 1.29 is 10.0 Å². The van der Waals surface area contributed by atoms with Gasteiger partial charge in [0.15, 0.2) is 0 Å². The smallest absolute Gasteiger partial charge is 0.223 e. The van der Waals surface area contributed by atoms with Crippen molar-refractivity contribution in [1.29, 1.82) is 0 Å². The van der Waals surface area contributed by atoms with E-state index in [9.17, 15) is 4.79 Å². The van der Waals surface area contributed by atoms with Gasteiger partial charge in [0.05, 0.1) is 0 Å². The van der Waals surface area contributed by atoms with Crippen LogP contribution in [0.15, 0.2) is 12.7 Å². The molecule has 0 rings (SSSR count). The first kappa shape index (κ1) is 6.33. The molecule has 0 aromatic heterocycles. The molecule has 1 radical (unpaired) electrons. The Kier molecular flexibility index (Phi) is 3.18. The second-order valence-electron chi connectivity index (χ2n) is 0.960. The van der Waals surface area contributed by atoms with Gasteiger partial charge in [0, 0.05) is 0 Å². The fourth-order valence-corrected chi connectivity index (χ4v) is 0.127. The number of carbonyl (C=O) groups excluding carboxylic acids is 1. The first-order valence-corrected chi connectivity index (χ1v) is 1.75. The fourth-order valence-electron chi connectivity index (χ4n) is 0.127. The summed E-state index contributed by atoms with van der Waals surface area (Å²) < 4.78 is 0. The summed E-state index contributed by atoms with van der Waals surface area (Å²) in [6.07, 6.45) is 2.72. The van der Waals surface area contributed by atoms with Crippen LogP contribution in [0, 0.1) is 0 Å². The minimum absolute atomic E-state index is 0.750. The van der Waals surface area contributed by atoms with E-state index in [4.69, 9.17) is 5.21 Å². The van der Waals surface area contributed by atoms with E-state index < -0.39 is 6.04 Å². The van der Waals surface area contributed by atoms with Crippen molar-refractivity contribution in [1.82, 2.24) is 5.48 Å². The van der Waals surface area contributed by atoms with Gasteiger partial charge >= 0.3 is 0 Å². The third-order valence-corrected chi connectivity index (χ3v) is 0.502. The number of nitrogens with one attached hydrogen (secondary N) is 1. The molecular weight excluding hydrogens is 94.0 g/mol. The molecule has 1 unspecified atom stereocenters. The van der Waals surface area contributed by atoms with Crippen LogP contribution in [-0.4, -0.2) is 17.5 Å². The summed E-state index contributed by atoms with van der Waals surface area (Å²) in [5, 5.41) is 7.94. The third kappa shape index (κ3) is 2.08. The first-order chi connectivity index (χ1) is 3.35. The normalized spacial score (nSPS) is 12.7. The van der Waals surface area contributed by atoms with E-state index in [1.165, 1.54) is 12.4 Å². The molecular formula is C4H6NO2. The van der Waals surface area contributed by atoms with Crippen molar-refractivity contribution in [3.63, 3.8) is 0 Å². The molecule has 0 aliphatic rings. The molecule has 0 saturated carbocycles. The summed E-state index contributed by atoms with van der Waals surface area (Å²) >= 11 is 0. The summed E-state index contributed by atoms with van der Waals surface area (Å²) in [4.78, 5) is 9.55. The molecule has 0 fully saturated rings. The SMILES string of the molecule is C=CC([C]=O)NO. The van der Waals surface area contributed by atoms with Crippen molar-refractivity contribution in [2.45, 2.75) is 6.04 Å². The molecule has 0 bridgehead atoms. The second-order valence-corrected chi connectivity index (χ2v) is 0.960. The Morgan fingerprint density at radius 1 is 2.00 bits per heavy atom. The highest BCUT2D eigenvalue weighted by atomic mass is 16.5. The van der Waals surface area contributed by atoms with Gasteiger partial charge in [0.25, 0.3) is 0 Å². The lowest BCUT2D eigenvalue weighted by Gasteiger charge is -1.93. The summed E-state index contributed by atoms with van der Waals surface area (Å²) in [7, 11) is 0. The fraction of sp³-hybridized carbons (Fsp3) is 0.250. The molecule has 0 aromatic rings. The van der Waals surface area contributed by atoms with Gasteiger partial charge in [-0.25, -0.2) is 0 Å². The maximum Gasteiger partial charge on any atom is 0.223 e. The molecule has 7 heavy (non-hydrogen) atoms. The monoisotopic (exact) mass is 100 g/mol. The van der Waals surface area contributed by atoms with E-state index >= 15 is 0 Å². The van der Waals surface area contributed by atoms with Crippen LogP contribution < -0.4 is 5.48 Å². The molecule has 0 aliphatic heterocycles.